The van der Waals surface area contributed by atoms with Crippen molar-refractivity contribution in [3.05, 3.63) is 44.5 Å². The number of rotatable bonds is 8. The number of hydrogen-bond donors (Lipinski definition) is 1. The average molecular weight is 451 g/mol. The van der Waals surface area contributed by atoms with Crippen LogP contribution >= 0.6 is 11.3 Å². The quantitative estimate of drug-likeness (QED) is 0.162. The molecule has 0 saturated heterocycles. The van der Waals surface area contributed by atoms with Crippen LogP contribution in [0.25, 0.3) is 10.4 Å². The summed E-state index contributed by atoms with van der Waals surface area (Å²) in [5.41, 5.74) is 12.5. The van der Waals surface area contributed by atoms with Crippen LogP contribution in [0.5, 0.6) is 0 Å². The Morgan fingerprint density at radius 2 is 2.19 bits per heavy atom. The predicted octanol–water partition coefficient (Wildman–Crippen LogP) is 3.73. The standard InChI is InChI=1S/C20H30N6O4S/c1-7-10-29-23-14-11-26(19(28)30-20(2,3)4)16(18(27)25(5)6)15-13(8-9-22-24-21)12-31-17(14)15/h7,12,14,16,23H,1,8-11H2,2-6H3. The molecule has 31 heavy (non-hydrogen) atoms. The van der Waals surface area contributed by atoms with E-state index in [2.05, 4.69) is 22.1 Å². The molecule has 0 radical (unpaired) electrons. The number of fused-ring (bicyclic) bond motifs is 1. The Morgan fingerprint density at radius 3 is 2.77 bits per heavy atom. The van der Waals surface area contributed by atoms with Gasteiger partial charge in [0.2, 0.25) is 5.91 Å². The second-order valence-electron chi connectivity index (χ2n) is 8.28. The second kappa shape index (κ2) is 10.6. The summed E-state index contributed by atoms with van der Waals surface area (Å²) in [6.07, 6.45) is 1.48. The molecule has 0 aromatic carbocycles. The van der Waals surface area contributed by atoms with Crippen molar-refractivity contribution in [1.82, 2.24) is 15.3 Å². The first-order chi connectivity index (χ1) is 14.6. The van der Waals surface area contributed by atoms with Crippen molar-refractivity contribution in [3.63, 3.8) is 0 Å². The van der Waals surface area contributed by atoms with Crippen molar-refractivity contribution >= 4 is 23.3 Å². The molecule has 1 aliphatic heterocycles. The number of nitrogens with zero attached hydrogens (tertiary/aromatic N) is 5. The lowest BCUT2D eigenvalue weighted by molar-refractivity contribution is -0.135. The predicted molar refractivity (Wildman–Crippen MR) is 118 cm³/mol. The molecule has 11 heteroatoms. The van der Waals surface area contributed by atoms with Crippen LogP contribution in [0.3, 0.4) is 0 Å². The fourth-order valence-corrected chi connectivity index (χ4v) is 4.42. The van der Waals surface area contributed by atoms with Gasteiger partial charge in [0.05, 0.1) is 12.6 Å². The van der Waals surface area contributed by atoms with E-state index < -0.39 is 17.7 Å². The molecule has 1 aliphatic rings. The maximum Gasteiger partial charge on any atom is 0.411 e. The van der Waals surface area contributed by atoms with E-state index in [-0.39, 0.29) is 31.6 Å². The van der Waals surface area contributed by atoms with E-state index in [1.807, 2.05) is 5.38 Å². The van der Waals surface area contributed by atoms with Crippen LogP contribution in [0.4, 0.5) is 4.79 Å². The number of amides is 2. The van der Waals surface area contributed by atoms with E-state index in [1.54, 1.807) is 40.9 Å². The molecule has 2 rings (SSSR count). The molecular weight excluding hydrogens is 420 g/mol. The molecule has 0 bridgehead atoms. The summed E-state index contributed by atoms with van der Waals surface area (Å²) in [7, 11) is 3.30. The number of ether oxygens (including phenoxy) is 1. The van der Waals surface area contributed by atoms with Crippen molar-refractivity contribution in [3.8, 4) is 0 Å². The third-order valence-corrected chi connectivity index (χ3v) is 5.66. The normalized spacial score (nSPS) is 18.0. The molecule has 1 aromatic rings. The Kier molecular flexibility index (Phi) is 8.46. The van der Waals surface area contributed by atoms with Gasteiger partial charge in [-0.05, 0) is 43.7 Å². The van der Waals surface area contributed by atoms with Crippen LogP contribution in [-0.4, -0.2) is 61.2 Å². The van der Waals surface area contributed by atoms with Crippen LogP contribution in [0.2, 0.25) is 0 Å². The van der Waals surface area contributed by atoms with Crippen molar-refractivity contribution < 1.29 is 19.2 Å². The first-order valence-electron chi connectivity index (χ1n) is 9.90. The Balaban J connectivity index is 2.54. The largest absolute Gasteiger partial charge is 0.444 e. The van der Waals surface area contributed by atoms with Gasteiger partial charge in [-0.15, -0.1) is 17.9 Å². The minimum Gasteiger partial charge on any atom is -0.444 e. The van der Waals surface area contributed by atoms with Gasteiger partial charge >= 0.3 is 6.09 Å². The van der Waals surface area contributed by atoms with Gasteiger partial charge in [-0.1, -0.05) is 11.2 Å². The van der Waals surface area contributed by atoms with Gasteiger partial charge in [-0.25, -0.2) is 4.79 Å². The van der Waals surface area contributed by atoms with Crippen molar-refractivity contribution in [2.24, 2.45) is 5.11 Å². The minimum atomic E-state index is -0.843. The number of likely N-dealkylation sites (N-methyl/N-ethyl adjacent to an activating group) is 1. The molecule has 2 unspecified atom stereocenters. The summed E-state index contributed by atoms with van der Waals surface area (Å²) >= 11 is 1.48. The van der Waals surface area contributed by atoms with Gasteiger partial charge < -0.3 is 9.64 Å². The zero-order chi connectivity index (χ0) is 23.2. The zero-order valence-electron chi connectivity index (χ0n) is 18.6. The topological polar surface area (TPSA) is 120 Å². The fraction of sp³-hybridized carbons (Fsp3) is 0.600. The summed E-state index contributed by atoms with van der Waals surface area (Å²) in [5, 5.41) is 5.55. The molecule has 2 heterocycles. The van der Waals surface area contributed by atoms with Gasteiger partial charge in [0.1, 0.15) is 11.6 Å². The number of nitrogens with one attached hydrogen (secondary N) is 1. The van der Waals surface area contributed by atoms with Crippen molar-refractivity contribution in [2.45, 2.75) is 44.9 Å². The molecule has 1 aromatic heterocycles. The molecule has 0 fully saturated rings. The number of hydroxylamine groups is 1. The minimum absolute atomic E-state index is 0.194. The van der Waals surface area contributed by atoms with Gasteiger partial charge in [-0.3, -0.25) is 14.5 Å². The molecule has 0 aliphatic carbocycles. The molecule has 1 N–H and O–H groups in total. The number of hydrogen-bond acceptors (Lipinski definition) is 7. The second-order valence-corrected chi connectivity index (χ2v) is 9.19. The van der Waals surface area contributed by atoms with Crippen LogP contribution in [0.15, 0.2) is 23.1 Å². The highest BCUT2D eigenvalue weighted by Gasteiger charge is 2.44. The van der Waals surface area contributed by atoms with E-state index in [4.69, 9.17) is 15.1 Å². The summed E-state index contributed by atoms with van der Waals surface area (Å²) in [5.74, 6) is -0.235. The number of azide groups is 1. The third-order valence-electron chi connectivity index (χ3n) is 4.49. The van der Waals surface area contributed by atoms with Crippen molar-refractivity contribution in [1.29, 1.82) is 0 Å². The Morgan fingerprint density at radius 1 is 1.48 bits per heavy atom. The lowest BCUT2D eigenvalue weighted by atomic mass is 9.91. The Hall–Kier alpha value is -2.59. The summed E-state index contributed by atoms with van der Waals surface area (Å²) in [6.45, 7) is 9.70. The van der Waals surface area contributed by atoms with E-state index in [0.29, 0.717) is 6.42 Å². The smallest absolute Gasteiger partial charge is 0.411 e. The highest BCUT2D eigenvalue weighted by Crippen LogP contribution is 2.42. The molecule has 0 spiro atoms. The number of thiophene rings is 1. The van der Waals surface area contributed by atoms with Crippen molar-refractivity contribution in [2.75, 3.05) is 33.8 Å². The SMILES string of the molecule is C=CCONC1CN(C(=O)OC(C)(C)C)C(C(=O)N(C)C)c2c(CCN=[N+]=[N-])csc21. The fourth-order valence-electron chi connectivity index (χ4n) is 3.25. The maximum atomic E-state index is 13.2. The van der Waals surface area contributed by atoms with Crippen LogP contribution < -0.4 is 5.48 Å². The maximum absolute atomic E-state index is 13.2. The van der Waals surface area contributed by atoms with Gasteiger partial charge in [0, 0.05) is 42.5 Å². The van der Waals surface area contributed by atoms with Gasteiger partial charge in [-0.2, -0.15) is 5.48 Å². The molecule has 0 saturated carbocycles. The van der Waals surface area contributed by atoms with Crippen LogP contribution in [0, 0.1) is 0 Å². The lowest BCUT2D eigenvalue weighted by Crippen LogP contribution is -2.51. The summed E-state index contributed by atoms with van der Waals surface area (Å²) < 4.78 is 5.61. The van der Waals surface area contributed by atoms with Crippen LogP contribution in [0.1, 0.15) is 48.9 Å². The van der Waals surface area contributed by atoms with Gasteiger partial charge in [0.15, 0.2) is 0 Å². The van der Waals surface area contributed by atoms with E-state index in [0.717, 1.165) is 16.0 Å². The highest BCUT2D eigenvalue weighted by atomic mass is 32.1. The van der Waals surface area contributed by atoms with Gasteiger partial charge in [0.25, 0.3) is 0 Å². The zero-order valence-corrected chi connectivity index (χ0v) is 19.4. The number of carbonyl (C=O) groups excluding carboxylic acids is 2. The highest BCUT2D eigenvalue weighted by molar-refractivity contribution is 7.10. The first kappa shape index (κ1) is 24.7. The molecule has 2 atom stereocenters. The summed E-state index contributed by atoms with van der Waals surface area (Å²) in [4.78, 5) is 38.4. The molecule has 170 valence electrons. The van der Waals surface area contributed by atoms with E-state index >= 15 is 0 Å². The number of carbonyl (C=O) groups is 2. The monoisotopic (exact) mass is 450 g/mol. The molecular formula is C20H30N6O4S. The molecule has 2 amide bonds. The Labute approximate surface area is 186 Å². The summed E-state index contributed by atoms with van der Waals surface area (Å²) in [6, 6.07) is -1.20. The first-order valence-corrected chi connectivity index (χ1v) is 10.8. The third kappa shape index (κ3) is 6.20. The average Bonchev–Trinajstić information content (AvgIpc) is 3.10. The van der Waals surface area contributed by atoms with Crippen LogP contribution in [-0.2, 0) is 20.8 Å². The lowest BCUT2D eigenvalue weighted by Gasteiger charge is -2.40. The Bertz CT molecular complexity index is 856. The van der Waals surface area contributed by atoms with E-state index in [1.165, 1.54) is 21.1 Å². The molecule has 10 nitrogen and oxygen atoms in total. The van der Waals surface area contributed by atoms with E-state index in [9.17, 15) is 9.59 Å².